The van der Waals surface area contributed by atoms with Gasteiger partial charge in [0.2, 0.25) is 5.82 Å². The monoisotopic (exact) mass is 359 g/mol. The van der Waals surface area contributed by atoms with Crippen molar-refractivity contribution < 1.29 is 4.52 Å². The molecule has 0 radical (unpaired) electrons. The first kappa shape index (κ1) is 15.0. The minimum atomic E-state index is 0.414. The third kappa shape index (κ3) is 2.41. The van der Waals surface area contributed by atoms with Gasteiger partial charge in [0.25, 0.3) is 5.89 Å². The number of hydrogen-bond acceptors (Lipinski definition) is 6. The average molecular weight is 359 g/mol. The number of benzene rings is 1. The van der Waals surface area contributed by atoms with Gasteiger partial charge < -0.3 is 4.52 Å². The summed E-state index contributed by atoms with van der Waals surface area (Å²) in [6, 6.07) is 14.2. The van der Waals surface area contributed by atoms with E-state index in [0.29, 0.717) is 22.9 Å². The van der Waals surface area contributed by atoms with Gasteiger partial charge in [0, 0.05) is 11.8 Å². The summed E-state index contributed by atoms with van der Waals surface area (Å²) in [5.74, 6) is 0.987. The van der Waals surface area contributed by atoms with Crippen molar-refractivity contribution >= 4 is 17.0 Å². The van der Waals surface area contributed by atoms with Crippen molar-refractivity contribution in [3.8, 4) is 33.4 Å². The molecule has 5 rings (SSSR count). The molecule has 7 heteroatoms. The van der Waals surface area contributed by atoms with Crippen LogP contribution >= 0.6 is 11.3 Å². The summed E-state index contributed by atoms with van der Waals surface area (Å²) in [5, 5.41) is 10.5. The molecule has 0 amide bonds. The normalized spacial score (nSPS) is 11.3. The van der Waals surface area contributed by atoms with Crippen molar-refractivity contribution in [1.29, 1.82) is 0 Å². The van der Waals surface area contributed by atoms with Crippen LogP contribution in [0.15, 0.2) is 64.8 Å². The first-order valence-corrected chi connectivity index (χ1v) is 8.95. The summed E-state index contributed by atoms with van der Waals surface area (Å²) in [5.41, 5.74) is 4.65. The predicted octanol–water partition coefficient (Wildman–Crippen LogP) is 4.48. The van der Waals surface area contributed by atoms with Crippen molar-refractivity contribution in [2.24, 2.45) is 0 Å². The van der Waals surface area contributed by atoms with Crippen molar-refractivity contribution in [3.05, 3.63) is 65.8 Å². The van der Waals surface area contributed by atoms with E-state index >= 15 is 0 Å². The molecule has 0 unspecified atom stereocenters. The number of aromatic nitrogens is 5. The topological polar surface area (TPSA) is 69.1 Å². The zero-order chi connectivity index (χ0) is 17.5. The number of fused-ring (bicyclic) bond motifs is 1. The van der Waals surface area contributed by atoms with E-state index in [2.05, 4.69) is 51.4 Å². The summed E-state index contributed by atoms with van der Waals surface area (Å²) in [7, 11) is 0. The Morgan fingerprint density at radius 2 is 1.96 bits per heavy atom. The molecular weight excluding hydrogens is 346 g/mol. The van der Waals surface area contributed by atoms with Crippen molar-refractivity contribution in [1.82, 2.24) is 24.7 Å². The molecule has 0 aliphatic rings. The second-order valence-corrected chi connectivity index (χ2v) is 6.84. The van der Waals surface area contributed by atoms with E-state index in [0.717, 1.165) is 16.1 Å². The molecule has 0 saturated carbocycles. The number of hydrogen-bond donors (Lipinski definition) is 0. The van der Waals surface area contributed by atoms with Crippen LogP contribution in [0.25, 0.3) is 39.1 Å². The number of aryl methyl sites for hydroxylation is 1. The van der Waals surface area contributed by atoms with Gasteiger partial charge in [-0.3, -0.25) is 0 Å². The molecule has 0 N–H and O–H groups in total. The molecule has 4 aromatic heterocycles. The second kappa shape index (κ2) is 5.89. The van der Waals surface area contributed by atoms with Crippen LogP contribution in [0, 0.1) is 6.92 Å². The predicted molar refractivity (Wildman–Crippen MR) is 99.8 cm³/mol. The number of rotatable bonds is 3. The van der Waals surface area contributed by atoms with Gasteiger partial charge in [0.15, 0.2) is 5.65 Å². The molecular formula is C19H13N5OS. The Hall–Kier alpha value is -3.32. The Balaban J connectivity index is 1.62. The zero-order valence-electron chi connectivity index (χ0n) is 13.8. The van der Waals surface area contributed by atoms with Gasteiger partial charge >= 0.3 is 0 Å². The van der Waals surface area contributed by atoms with Crippen molar-refractivity contribution in [2.45, 2.75) is 6.92 Å². The lowest BCUT2D eigenvalue weighted by atomic mass is 10.1. The SMILES string of the molecule is Cc1ccc(-c2ccnc3c(-c4nc(-c5cccs5)no4)cnn23)cc1. The molecule has 1 aromatic carbocycles. The molecule has 0 fully saturated rings. The van der Waals surface area contributed by atoms with Gasteiger partial charge in [-0.2, -0.15) is 10.1 Å². The maximum atomic E-state index is 5.45. The molecule has 6 nitrogen and oxygen atoms in total. The highest BCUT2D eigenvalue weighted by Crippen LogP contribution is 2.29. The van der Waals surface area contributed by atoms with Crippen LogP contribution in [0.2, 0.25) is 0 Å². The molecule has 0 aliphatic heterocycles. The minimum absolute atomic E-state index is 0.414. The van der Waals surface area contributed by atoms with Gasteiger partial charge in [0.05, 0.1) is 16.8 Å². The molecule has 126 valence electrons. The fourth-order valence-electron chi connectivity index (χ4n) is 2.82. The zero-order valence-corrected chi connectivity index (χ0v) is 14.6. The maximum Gasteiger partial charge on any atom is 0.263 e. The summed E-state index contributed by atoms with van der Waals surface area (Å²) in [6.45, 7) is 2.07. The molecule has 0 aliphatic carbocycles. The highest BCUT2D eigenvalue weighted by atomic mass is 32.1. The maximum absolute atomic E-state index is 5.45. The fourth-order valence-corrected chi connectivity index (χ4v) is 3.47. The molecule has 5 aromatic rings. The Morgan fingerprint density at radius 3 is 2.77 bits per heavy atom. The van der Waals surface area contributed by atoms with Gasteiger partial charge in [-0.25, -0.2) is 9.50 Å². The van der Waals surface area contributed by atoms with E-state index in [1.165, 1.54) is 5.56 Å². The Labute approximate surface area is 152 Å². The molecule has 0 atom stereocenters. The Morgan fingerprint density at radius 1 is 1.08 bits per heavy atom. The smallest absolute Gasteiger partial charge is 0.263 e. The molecule has 0 bridgehead atoms. The first-order valence-electron chi connectivity index (χ1n) is 8.07. The van der Waals surface area contributed by atoms with Crippen LogP contribution in [0.5, 0.6) is 0 Å². The second-order valence-electron chi connectivity index (χ2n) is 5.89. The lowest BCUT2D eigenvalue weighted by Gasteiger charge is -2.05. The third-order valence-electron chi connectivity index (χ3n) is 4.15. The van der Waals surface area contributed by atoms with E-state index < -0.39 is 0 Å². The van der Waals surface area contributed by atoms with E-state index in [4.69, 9.17) is 4.52 Å². The summed E-state index contributed by atoms with van der Waals surface area (Å²) >= 11 is 1.57. The summed E-state index contributed by atoms with van der Waals surface area (Å²) < 4.78 is 7.26. The standard InChI is InChI=1S/C19H13N5OS/c1-12-4-6-13(7-5-12)15-8-9-20-18-14(11-21-24(15)18)19-22-17(23-25-19)16-3-2-10-26-16/h2-11H,1H3. The highest BCUT2D eigenvalue weighted by Gasteiger charge is 2.18. The summed E-state index contributed by atoms with van der Waals surface area (Å²) in [4.78, 5) is 9.93. The number of nitrogens with zero attached hydrogens (tertiary/aromatic N) is 5. The molecule has 0 saturated heterocycles. The first-order chi connectivity index (χ1) is 12.8. The number of thiophene rings is 1. The van der Waals surface area contributed by atoms with Crippen LogP contribution in [0.1, 0.15) is 5.56 Å². The highest BCUT2D eigenvalue weighted by molar-refractivity contribution is 7.13. The van der Waals surface area contributed by atoms with Crippen molar-refractivity contribution in [3.63, 3.8) is 0 Å². The van der Waals surface area contributed by atoms with Crippen LogP contribution in [0.3, 0.4) is 0 Å². The van der Waals surface area contributed by atoms with E-state index in [1.54, 1.807) is 28.2 Å². The van der Waals surface area contributed by atoms with Crippen LogP contribution in [-0.2, 0) is 0 Å². The van der Waals surface area contributed by atoms with Crippen LogP contribution in [-0.4, -0.2) is 24.7 Å². The van der Waals surface area contributed by atoms with E-state index in [-0.39, 0.29) is 0 Å². The molecule has 26 heavy (non-hydrogen) atoms. The quantitative estimate of drug-likeness (QED) is 0.475. The fraction of sp³-hybridized carbons (Fsp3) is 0.0526. The Bertz CT molecular complexity index is 1190. The largest absolute Gasteiger partial charge is 0.333 e. The molecule has 0 spiro atoms. The Kier molecular flexibility index (Phi) is 3.39. The van der Waals surface area contributed by atoms with Gasteiger partial charge in [-0.1, -0.05) is 41.1 Å². The minimum Gasteiger partial charge on any atom is -0.333 e. The summed E-state index contributed by atoms with van der Waals surface area (Å²) in [6.07, 6.45) is 3.48. The lowest BCUT2D eigenvalue weighted by Crippen LogP contribution is -1.95. The van der Waals surface area contributed by atoms with E-state index in [9.17, 15) is 0 Å². The average Bonchev–Trinajstić information content (AvgIpc) is 3.41. The molecule has 4 heterocycles. The van der Waals surface area contributed by atoms with E-state index in [1.807, 2.05) is 23.6 Å². The van der Waals surface area contributed by atoms with Crippen LogP contribution in [0.4, 0.5) is 0 Å². The van der Waals surface area contributed by atoms with Gasteiger partial charge in [-0.15, -0.1) is 11.3 Å². The van der Waals surface area contributed by atoms with Gasteiger partial charge in [-0.05, 0) is 24.4 Å². The lowest BCUT2D eigenvalue weighted by molar-refractivity contribution is 0.433. The van der Waals surface area contributed by atoms with Crippen LogP contribution < -0.4 is 0 Å². The van der Waals surface area contributed by atoms with Crippen molar-refractivity contribution in [2.75, 3.05) is 0 Å². The third-order valence-corrected chi connectivity index (χ3v) is 5.01. The van der Waals surface area contributed by atoms with Gasteiger partial charge in [0.1, 0.15) is 5.56 Å².